The number of ether oxygens (including phenoxy) is 3. The highest BCUT2D eigenvalue weighted by Crippen LogP contribution is 2.42. The molecule has 254 valence electrons. The summed E-state index contributed by atoms with van der Waals surface area (Å²) in [5.41, 5.74) is 3.70. The van der Waals surface area contributed by atoms with Gasteiger partial charge in [0.25, 0.3) is 0 Å². The largest absolute Gasteiger partial charge is 0.444 e. The Morgan fingerprint density at radius 1 is 1.09 bits per heavy atom. The molecule has 3 atom stereocenters. The number of nitrogens with zero attached hydrogens (tertiary/aromatic N) is 6. The van der Waals surface area contributed by atoms with Crippen molar-refractivity contribution in [3.8, 4) is 11.1 Å². The summed E-state index contributed by atoms with van der Waals surface area (Å²) in [5, 5.41) is 9.42. The number of hydrogen-bond donors (Lipinski definition) is 1. The van der Waals surface area contributed by atoms with Crippen molar-refractivity contribution in [3.05, 3.63) is 35.7 Å². The van der Waals surface area contributed by atoms with Gasteiger partial charge in [0.15, 0.2) is 5.65 Å². The maximum Gasteiger partial charge on any atom is 0.407 e. The molecule has 3 aliphatic rings. The highest BCUT2D eigenvalue weighted by molar-refractivity contribution is 8.32. The summed E-state index contributed by atoms with van der Waals surface area (Å²) >= 11 is 7.11. The Hall–Kier alpha value is -3.06. The Morgan fingerprint density at radius 3 is 2.49 bits per heavy atom. The normalized spacial score (nSPS) is 22.2. The monoisotopic (exact) mass is 683 g/mol. The summed E-state index contributed by atoms with van der Waals surface area (Å²) in [7, 11) is -0.671. The van der Waals surface area contributed by atoms with Crippen LogP contribution in [-0.2, 0) is 20.9 Å². The lowest BCUT2D eigenvalue weighted by Crippen LogP contribution is -2.51. The van der Waals surface area contributed by atoms with Crippen molar-refractivity contribution in [2.24, 2.45) is 0 Å². The van der Waals surface area contributed by atoms with Gasteiger partial charge in [-0.2, -0.15) is 5.10 Å². The van der Waals surface area contributed by atoms with Gasteiger partial charge >= 0.3 is 6.09 Å². The molecule has 1 N–H and O–H groups in total. The topological polar surface area (TPSA) is 109 Å². The molecule has 1 amide bonds. The molecule has 3 aromatic heterocycles. The number of anilines is 1. The van der Waals surface area contributed by atoms with Crippen LogP contribution < -0.4 is 10.2 Å². The summed E-state index contributed by atoms with van der Waals surface area (Å²) in [6.07, 6.45) is 16.3. The molecule has 47 heavy (non-hydrogen) atoms. The Labute approximate surface area is 282 Å². The lowest BCUT2D eigenvalue weighted by atomic mass is 9.97. The highest BCUT2D eigenvalue weighted by atomic mass is 35.5. The number of alkyl carbamates (subject to hydrolysis) is 1. The molecule has 11 nitrogen and oxygen atoms in total. The minimum atomic E-state index is -0.671. The first kappa shape index (κ1) is 32.5. The number of carbonyl (C=O) groups excluding carboxylic acids is 1. The van der Waals surface area contributed by atoms with Gasteiger partial charge in [0.1, 0.15) is 23.7 Å². The Kier molecular flexibility index (Phi) is 8.59. The third kappa shape index (κ3) is 6.79. The molecule has 3 fully saturated rings. The lowest BCUT2D eigenvalue weighted by Gasteiger charge is -2.39. The van der Waals surface area contributed by atoms with E-state index >= 15 is 0 Å². The Balaban J connectivity index is 1.19. The van der Waals surface area contributed by atoms with E-state index in [1.807, 2.05) is 50.0 Å². The molecule has 6 heterocycles. The second-order valence-corrected chi connectivity index (χ2v) is 20.0. The number of amides is 1. The van der Waals surface area contributed by atoms with Gasteiger partial charge in [0.05, 0.1) is 42.6 Å². The van der Waals surface area contributed by atoms with E-state index in [0.29, 0.717) is 31.6 Å². The number of fused-ring (bicyclic) bond motifs is 4. The maximum atomic E-state index is 12.5. The van der Waals surface area contributed by atoms with Crippen LogP contribution in [0.1, 0.15) is 52.5 Å². The number of carbonyl (C=O) groups is 1. The van der Waals surface area contributed by atoms with E-state index in [2.05, 4.69) is 39.7 Å². The fourth-order valence-electron chi connectivity index (χ4n) is 6.92. The van der Waals surface area contributed by atoms with Crippen LogP contribution in [0.15, 0.2) is 30.7 Å². The van der Waals surface area contributed by atoms with Crippen LogP contribution >= 0.6 is 21.6 Å². The third-order valence-electron chi connectivity index (χ3n) is 9.27. The zero-order valence-electron chi connectivity index (χ0n) is 28.2. The first-order valence-electron chi connectivity index (χ1n) is 16.5. The van der Waals surface area contributed by atoms with E-state index in [9.17, 15) is 4.79 Å². The zero-order chi connectivity index (χ0) is 33.1. The van der Waals surface area contributed by atoms with Gasteiger partial charge in [0.2, 0.25) is 0 Å². The first-order chi connectivity index (χ1) is 22.3. The fraction of sp³-hybridized carbons (Fsp3) is 0.588. The molecule has 0 aliphatic carbocycles. The van der Waals surface area contributed by atoms with Crippen LogP contribution in [0, 0.1) is 0 Å². The van der Waals surface area contributed by atoms with Crippen LogP contribution in [0.2, 0.25) is 5.02 Å². The van der Waals surface area contributed by atoms with E-state index in [4.69, 9.17) is 40.9 Å². The standard InChI is InChI=1S/C34H46ClN7O4S/c1-34(2,3)46-33(43)37-21-13-22-7-8-23(14-21)42(22)29-15-36-31-26(16-40(32(31)38-29)20-44-11-12-47(4,5)6)25-9-10-28-27(30(25)35)17-41(39-28)24-18-45-19-24/h9-10,15-17,21-24H,7-8,11-14,18-20H2,1-6H3,(H,37,43)/t21?,22-,23+. The fourth-order valence-corrected chi connectivity index (χ4v) is 7.85. The van der Waals surface area contributed by atoms with Crippen molar-refractivity contribution < 1.29 is 19.0 Å². The van der Waals surface area contributed by atoms with Crippen LogP contribution in [0.4, 0.5) is 10.6 Å². The van der Waals surface area contributed by atoms with Crippen LogP contribution in [-0.4, -0.2) is 98.5 Å². The van der Waals surface area contributed by atoms with Crippen molar-refractivity contribution in [2.75, 3.05) is 49.2 Å². The number of hydrogen-bond acceptors (Lipinski definition) is 8. The third-order valence-corrected chi connectivity index (χ3v) is 11.1. The predicted molar refractivity (Wildman–Crippen MR) is 189 cm³/mol. The molecule has 0 spiro atoms. The molecule has 3 aliphatic heterocycles. The van der Waals surface area contributed by atoms with E-state index in [0.717, 1.165) is 70.4 Å². The molecule has 2 bridgehead atoms. The quantitative estimate of drug-likeness (QED) is 0.203. The maximum absolute atomic E-state index is 12.5. The second-order valence-electron chi connectivity index (χ2n) is 15.0. The Bertz CT molecular complexity index is 1780. The van der Waals surface area contributed by atoms with Crippen molar-refractivity contribution in [2.45, 2.75) is 83.0 Å². The number of piperidine rings is 1. The summed E-state index contributed by atoms with van der Waals surface area (Å²) in [4.78, 5) is 25.2. The van der Waals surface area contributed by atoms with Crippen molar-refractivity contribution >= 4 is 55.6 Å². The number of benzene rings is 1. The van der Waals surface area contributed by atoms with Gasteiger partial charge in [-0.1, -0.05) is 17.7 Å². The highest BCUT2D eigenvalue weighted by Gasteiger charge is 2.42. The minimum absolute atomic E-state index is 0.0716. The number of halogens is 1. The van der Waals surface area contributed by atoms with Crippen molar-refractivity contribution in [1.29, 1.82) is 0 Å². The number of nitrogens with one attached hydrogen (secondary N) is 1. The molecule has 7 rings (SSSR count). The molecule has 1 aromatic carbocycles. The molecule has 13 heteroatoms. The van der Waals surface area contributed by atoms with Gasteiger partial charge in [-0.05, 0) is 71.3 Å². The second kappa shape index (κ2) is 12.4. The van der Waals surface area contributed by atoms with Crippen LogP contribution in [0.25, 0.3) is 33.2 Å². The predicted octanol–water partition coefficient (Wildman–Crippen LogP) is 6.37. The van der Waals surface area contributed by atoms with Gasteiger partial charge in [-0.3, -0.25) is 4.68 Å². The summed E-state index contributed by atoms with van der Waals surface area (Å²) in [6.45, 7) is 8.05. The van der Waals surface area contributed by atoms with E-state index in [-0.39, 0.29) is 30.3 Å². The average Bonchev–Trinajstić information content (AvgIpc) is 3.61. The molecule has 3 saturated heterocycles. The molecule has 1 unspecified atom stereocenters. The van der Waals surface area contributed by atoms with Gasteiger partial charge < -0.3 is 29.0 Å². The van der Waals surface area contributed by atoms with Crippen molar-refractivity contribution in [3.63, 3.8) is 0 Å². The van der Waals surface area contributed by atoms with Gasteiger partial charge in [-0.25, -0.2) is 24.8 Å². The molecule has 4 aromatic rings. The summed E-state index contributed by atoms with van der Waals surface area (Å²) in [5.74, 6) is 1.89. The molecule has 0 saturated carbocycles. The summed E-state index contributed by atoms with van der Waals surface area (Å²) in [6, 6.07) is 4.90. The van der Waals surface area contributed by atoms with E-state index in [1.54, 1.807) is 0 Å². The minimum Gasteiger partial charge on any atom is -0.444 e. The van der Waals surface area contributed by atoms with Crippen LogP contribution in [0.5, 0.6) is 0 Å². The van der Waals surface area contributed by atoms with Gasteiger partial charge in [0, 0.05) is 52.8 Å². The van der Waals surface area contributed by atoms with Crippen molar-refractivity contribution in [1.82, 2.24) is 29.6 Å². The van der Waals surface area contributed by atoms with E-state index in [1.165, 1.54) is 0 Å². The van der Waals surface area contributed by atoms with Crippen LogP contribution in [0.3, 0.4) is 0 Å². The average molecular weight is 684 g/mol. The Morgan fingerprint density at radius 2 is 1.83 bits per heavy atom. The number of rotatable bonds is 9. The lowest BCUT2D eigenvalue weighted by molar-refractivity contribution is -0.0283. The van der Waals surface area contributed by atoms with E-state index < -0.39 is 15.6 Å². The SMILES string of the molecule is CC(C)(C)OC(=O)NC1C[C@H]2CC[C@@H](C1)N2c1cnc2c(-c3ccc4nn(C5COC5)cc4c3Cl)cn(COCCS(C)(C)C)c2n1. The molecular formula is C34H46ClN7O4S. The smallest absolute Gasteiger partial charge is 0.407 e. The number of aromatic nitrogens is 5. The molecular weight excluding hydrogens is 638 g/mol. The molecule has 0 radical (unpaired) electrons. The van der Waals surface area contributed by atoms with Gasteiger partial charge in [-0.15, -0.1) is 0 Å². The zero-order valence-corrected chi connectivity index (χ0v) is 29.7. The first-order valence-corrected chi connectivity index (χ1v) is 19.9. The summed E-state index contributed by atoms with van der Waals surface area (Å²) < 4.78 is 21.2.